The molecule has 3 aliphatic rings. The summed E-state index contributed by atoms with van der Waals surface area (Å²) < 4.78 is 28.0. The number of hydrogen-bond acceptors (Lipinski definition) is 6. The second-order valence-electron chi connectivity index (χ2n) is 8.84. The maximum Gasteiger partial charge on any atom is 0.215 e. The summed E-state index contributed by atoms with van der Waals surface area (Å²) in [5.74, 6) is 1.74. The van der Waals surface area contributed by atoms with Crippen LogP contribution in [0.15, 0.2) is 53.9 Å². The molecular weight excluding hydrogens is 440 g/mol. The van der Waals surface area contributed by atoms with Gasteiger partial charge in [0, 0.05) is 30.7 Å². The first-order valence-electron chi connectivity index (χ1n) is 11.1. The van der Waals surface area contributed by atoms with Gasteiger partial charge in [-0.15, -0.1) is 11.3 Å². The Hall–Kier alpha value is -2.13. The molecule has 1 unspecified atom stereocenters. The second-order valence-corrected chi connectivity index (χ2v) is 11.6. The summed E-state index contributed by atoms with van der Waals surface area (Å²) in [5.41, 5.74) is 2.94. The lowest BCUT2D eigenvalue weighted by molar-refractivity contribution is 0.0317. The van der Waals surface area contributed by atoms with Gasteiger partial charge in [0.2, 0.25) is 10.0 Å². The first-order valence-corrected chi connectivity index (χ1v) is 13.6. The number of nitrogens with one attached hydrogen (secondary N) is 1. The van der Waals surface area contributed by atoms with Gasteiger partial charge in [-0.05, 0) is 55.3 Å². The van der Waals surface area contributed by atoms with Crippen molar-refractivity contribution in [2.75, 3.05) is 19.6 Å². The van der Waals surface area contributed by atoms with Crippen molar-refractivity contribution in [1.29, 1.82) is 0 Å². The van der Waals surface area contributed by atoms with Crippen molar-refractivity contribution >= 4 is 21.4 Å². The van der Waals surface area contributed by atoms with E-state index in [2.05, 4.69) is 38.2 Å². The number of piperidine rings is 3. The van der Waals surface area contributed by atoms with E-state index in [4.69, 9.17) is 4.98 Å². The molecule has 4 atom stereocenters. The lowest BCUT2D eigenvalue weighted by Crippen LogP contribution is -2.56. The molecule has 3 saturated heterocycles. The van der Waals surface area contributed by atoms with Gasteiger partial charge in [0.15, 0.2) is 0 Å². The molecule has 0 saturated carbocycles. The van der Waals surface area contributed by atoms with Crippen LogP contribution in [0, 0.1) is 12.8 Å². The third-order valence-electron chi connectivity index (χ3n) is 6.63. The van der Waals surface area contributed by atoms with Gasteiger partial charge in [-0.1, -0.05) is 36.4 Å². The highest BCUT2D eigenvalue weighted by atomic mass is 32.2. The third-order valence-corrected chi connectivity index (χ3v) is 8.84. The molecule has 3 fully saturated rings. The molecule has 32 heavy (non-hydrogen) atoms. The fourth-order valence-corrected chi connectivity index (χ4v) is 6.95. The van der Waals surface area contributed by atoms with Crippen molar-refractivity contribution in [1.82, 2.24) is 19.6 Å². The van der Waals surface area contributed by atoms with Gasteiger partial charge in [0.25, 0.3) is 0 Å². The molecule has 1 N–H and O–H groups in total. The Labute approximate surface area is 193 Å². The van der Waals surface area contributed by atoms with Crippen LogP contribution in [0.5, 0.6) is 0 Å². The summed E-state index contributed by atoms with van der Waals surface area (Å²) in [5, 5.41) is 2.07. The van der Waals surface area contributed by atoms with Crippen molar-refractivity contribution < 1.29 is 8.42 Å². The number of rotatable bonds is 7. The van der Waals surface area contributed by atoms with Crippen LogP contribution >= 0.6 is 11.3 Å². The van der Waals surface area contributed by atoms with E-state index in [-0.39, 0.29) is 11.8 Å². The zero-order valence-electron chi connectivity index (χ0n) is 18.1. The van der Waals surface area contributed by atoms with Gasteiger partial charge in [0.05, 0.1) is 16.3 Å². The molecule has 0 spiro atoms. The lowest BCUT2D eigenvalue weighted by atomic mass is 9.74. The Kier molecular flexibility index (Phi) is 6.11. The molecule has 3 aliphatic heterocycles. The van der Waals surface area contributed by atoms with E-state index < -0.39 is 10.0 Å². The average molecular weight is 469 g/mol. The normalized spacial score (nSPS) is 25.2. The Bertz CT molecular complexity index is 1170. The SMILES string of the molecule is Cc1nc(-c2cccs2)cc([C@@H]2CN3CC[C@H]2C[C@@H]3CNS(=O)(=O)Cc2ccccc2)n1. The highest BCUT2D eigenvalue weighted by Crippen LogP contribution is 2.42. The largest absolute Gasteiger partial charge is 0.298 e. The first-order chi connectivity index (χ1) is 15.5. The number of nitrogens with zero attached hydrogens (tertiary/aromatic N) is 3. The van der Waals surface area contributed by atoms with Crippen LogP contribution in [0.1, 0.15) is 35.8 Å². The van der Waals surface area contributed by atoms with E-state index >= 15 is 0 Å². The highest BCUT2D eigenvalue weighted by molar-refractivity contribution is 7.88. The summed E-state index contributed by atoms with van der Waals surface area (Å²) >= 11 is 1.70. The second kappa shape index (κ2) is 9.02. The van der Waals surface area contributed by atoms with E-state index in [9.17, 15) is 8.42 Å². The Balaban J connectivity index is 1.25. The number of aryl methyl sites for hydroxylation is 1. The van der Waals surface area contributed by atoms with E-state index in [1.165, 1.54) is 4.88 Å². The summed E-state index contributed by atoms with van der Waals surface area (Å²) in [6, 6.07) is 15.9. The van der Waals surface area contributed by atoms with Gasteiger partial charge < -0.3 is 0 Å². The minimum absolute atomic E-state index is 0.0261. The van der Waals surface area contributed by atoms with Gasteiger partial charge in [-0.3, -0.25) is 4.90 Å². The van der Waals surface area contributed by atoms with Gasteiger partial charge in [-0.2, -0.15) is 0 Å². The van der Waals surface area contributed by atoms with E-state index in [0.717, 1.165) is 48.7 Å². The molecule has 0 amide bonds. The van der Waals surface area contributed by atoms with Crippen LogP contribution in [0.4, 0.5) is 0 Å². The predicted molar refractivity (Wildman–Crippen MR) is 128 cm³/mol. The maximum atomic E-state index is 12.6. The number of thiophene rings is 1. The van der Waals surface area contributed by atoms with Crippen molar-refractivity contribution in [3.05, 3.63) is 71.0 Å². The third kappa shape index (κ3) is 4.78. The van der Waals surface area contributed by atoms with Crippen molar-refractivity contribution in [2.45, 2.75) is 37.5 Å². The van der Waals surface area contributed by atoms with Crippen LogP contribution in [0.3, 0.4) is 0 Å². The molecule has 2 aromatic heterocycles. The minimum atomic E-state index is -3.35. The van der Waals surface area contributed by atoms with Gasteiger partial charge in [-0.25, -0.2) is 23.1 Å². The zero-order valence-corrected chi connectivity index (χ0v) is 19.8. The van der Waals surface area contributed by atoms with Crippen molar-refractivity contribution in [2.24, 2.45) is 5.92 Å². The van der Waals surface area contributed by atoms with E-state index in [1.807, 2.05) is 37.3 Å². The molecule has 0 aliphatic carbocycles. The van der Waals surface area contributed by atoms with Crippen molar-refractivity contribution in [3.63, 3.8) is 0 Å². The fraction of sp³-hybridized carbons (Fsp3) is 0.417. The molecular formula is C24H28N4O2S2. The topological polar surface area (TPSA) is 75.2 Å². The summed E-state index contributed by atoms with van der Waals surface area (Å²) in [6.45, 7) is 4.39. The Morgan fingerprint density at radius 2 is 2.00 bits per heavy atom. The van der Waals surface area contributed by atoms with Crippen LogP contribution in [0.25, 0.3) is 10.6 Å². The fourth-order valence-electron chi connectivity index (χ4n) is 5.08. The summed E-state index contributed by atoms with van der Waals surface area (Å²) in [7, 11) is -3.35. The number of sulfonamides is 1. The predicted octanol–water partition coefficient (Wildman–Crippen LogP) is 3.81. The minimum Gasteiger partial charge on any atom is -0.298 e. The molecule has 5 heterocycles. The van der Waals surface area contributed by atoms with E-state index in [1.54, 1.807) is 11.3 Å². The zero-order chi connectivity index (χ0) is 22.1. The Morgan fingerprint density at radius 3 is 2.72 bits per heavy atom. The standard InChI is InChI=1S/C24H28N4O2S2/c1-17-26-22(13-23(27-17)24-8-5-11-31-24)21-15-28-10-9-19(21)12-20(28)14-25-32(29,30)16-18-6-3-2-4-7-18/h2-8,11,13,19-21,25H,9-10,12,14-16H2,1H3/t19-,20+,21+/m0/s1. The van der Waals surface area contributed by atoms with Crippen LogP contribution in [0.2, 0.25) is 0 Å². The number of fused-ring (bicyclic) bond motifs is 3. The highest BCUT2D eigenvalue weighted by Gasteiger charge is 2.41. The first kappa shape index (κ1) is 21.7. The molecule has 3 aromatic rings. The Morgan fingerprint density at radius 1 is 1.16 bits per heavy atom. The van der Waals surface area contributed by atoms with Crippen LogP contribution in [-0.2, 0) is 15.8 Å². The van der Waals surface area contributed by atoms with E-state index in [0.29, 0.717) is 18.4 Å². The molecule has 168 valence electrons. The van der Waals surface area contributed by atoms with Crippen molar-refractivity contribution in [3.8, 4) is 10.6 Å². The molecule has 6 rings (SSSR count). The summed E-state index contributed by atoms with van der Waals surface area (Å²) in [6.07, 6.45) is 2.13. The molecule has 0 radical (unpaired) electrons. The van der Waals surface area contributed by atoms with Crippen LogP contribution in [-0.4, -0.2) is 49.0 Å². The summed E-state index contributed by atoms with van der Waals surface area (Å²) in [4.78, 5) is 13.1. The van der Waals surface area contributed by atoms with Crippen LogP contribution < -0.4 is 4.72 Å². The smallest absolute Gasteiger partial charge is 0.215 e. The quantitative estimate of drug-likeness (QED) is 0.571. The van der Waals surface area contributed by atoms with Gasteiger partial charge in [0.1, 0.15) is 5.82 Å². The monoisotopic (exact) mass is 468 g/mol. The lowest BCUT2D eigenvalue weighted by Gasteiger charge is -2.49. The number of benzene rings is 1. The average Bonchev–Trinajstić information content (AvgIpc) is 3.33. The molecule has 8 heteroatoms. The molecule has 6 nitrogen and oxygen atoms in total. The van der Waals surface area contributed by atoms with Gasteiger partial charge >= 0.3 is 0 Å². The maximum absolute atomic E-state index is 12.6. The number of aromatic nitrogens is 2. The molecule has 2 bridgehead atoms. The number of hydrogen-bond donors (Lipinski definition) is 1. The molecule has 1 aromatic carbocycles.